The zero-order valence-corrected chi connectivity index (χ0v) is 16.4. The summed E-state index contributed by atoms with van der Waals surface area (Å²) in [6.45, 7) is 9.56. The van der Waals surface area contributed by atoms with E-state index in [4.69, 9.17) is 11.5 Å². The largest absolute Gasteiger partial charge is 0.390 e. The third-order valence-electron chi connectivity index (χ3n) is 4.32. The average Bonchev–Trinajstić information content (AvgIpc) is 2.55. The minimum atomic E-state index is -0.0288. The van der Waals surface area contributed by atoms with E-state index >= 15 is 0 Å². The molecule has 6 heteroatoms. The molecule has 0 aliphatic heterocycles. The van der Waals surface area contributed by atoms with Crippen molar-refractivity contribution in [3.05, 3.63) is 0 Å². The molecule has 144 valence electrons. The summed E-state index contributed by atoms with van der Waals surface area (Å²) in [5.41, 5.74) is 10.5. The molecular formula is C19H36N4O2. The standard InChI is InChI=1S/C19H36N4O2/c1-18(2,12-22-14-20)10-8-16(24)6-5-7-17(25)9-11-19(3,4)13-23-15-21/h14-15H,5-13H2,1-4H3,(H2,20,22)(H2,21,23). The van der Waals surface area contributed by atoms with Crippen molar-refractivity contribution in [2.75, 3.05) is 13.1 Å². The van der Waals surface area contributed by atoms with Gasteiger partial charge in [-0.05, 0) is 30.1 Å². The molecule has 0 spiro atoms. The highest BCUT2D eigenvalue weighted by molar-refractivity contribution is 5.81. The SMILES string of the molecule is CC(C)(CCC(=O)CCCC(=O)CCC(C)(C)CN=CN)CN=CN. The summed E-state index contributed by atoms with van der Waals surface area (Å²) in [4.78, 5) is 32.1. The van der Waals surface area contributed by atoms with Crippen LogP contribution in [0.2, 0.25) is 0 Å². The van der Waals surface area contributed by atoms with Crippen molar-refractivity contribution in [3.8, 4) is 0 Å². The fraction of sp³-hybridized carbons (Fsp3) is 0.789. The van der Waals surface area contributed by atoms with Crippen LogP contribution in [0.3, 0.4) is 0 Å². The van der Waals surface area contributed by atoms with Gasteiger partial charge in [-0.3, -0.25) is 19.6 Å². The molecule has 0 aliphatic carbocycles. The van der Waals surface area contributed by atoms with Gasteiger partial charge in [0, 0.05) is 38.8 Å². The number of hydrogen-bond donors (Lipinski definition) is 2. The first-order valence-corrected chi connectivity index (χ1v) is 9.05. The Balaban J connectivity index is 3.95. The maximum atomic E-state index is 12.0. The zero-order chi connectivity index (χ0) is 19.3. The molecule has 0 fully saturated rings. The van der Waals surface area contributed by atoms with Gasteiger partial charge in [0.1, 0.15) is 11.6 Å². The van der Waals surface area contributed by atoms with Crippen molar-refractivity contribution in [3.63, 3.8) is 0 Å². The second-order valence-electron chi connectivity index (χ2n) is 8.24. The number of nitrogens with two attached hydrogens (primary N) is 2. The van der Waals surface area contributed by atoms with Crippen molar-refractivity contribution >= 4 is 24.2 Å². The Bertz CT molecular complexity index is 426. The quantitative estimate of drug-likeness (QED) is 0.370. The van der Waals surface area contributed by atoms with Gasteiger partial charge in [-0.2, -0.15) is 0 Å². The van der Waals surface area contributed by atoms with Crippen LogP contribution >= 0.6 is 0 Å². The van der Waals surface area contributed by atoms with Gasteiger partial charge in [0.25, 0.3) is 0 Å². The maximum Gasteiger partial charge on any atom is 0.132 e. The monoisotopic (exact) mass is 352 g/mol. The highest BCUT2D eigenvalue weighted by Gasteiger charge is 2.20. The molecule has 6 nitrogen and oxygen atoms in total. The normalized spacial score (nSPS) is 13.0. The molecule has 0 heterocycles. The van der Waals surface area contributed by atoms with E-state index < -0.39 is 0 Å². The third-order valence-corrected chi connectivity index (χ3v) is 4.32. The Hall–Kier alpha value is -1.72. The molecule has 0 aromatic heterocycles. The van der Waals surface area contributed by atoms with E-state index in [0.717, 1.165) is 12.8 Å². The molecule has 0 radical (unpaired) electrons. The molecule has 0 unspecified atom stereocenters. The molecule has 0 saturated heterocycles. The Morgan fingerprint density at radius 3 is 1.44 bits per heavy atom. The van der Waals surface area contributed by atoms with Crippen LogP contribution in [0.4, 0.5) is 0 Å². The molecule has 4 N–H and O–H groups in total. The van der Waals surface area contributed by atoms with Crippen LogP contribution in [0, 0.1) is 10.8 Å². The van der Waals surface area contributed by atoms with Crippen LogP contribution in [0.5, 0.6) is 0 Å². The van der Waals surface area contributed by atoms with Crippen molar-refractivity contribution in [2.24, 2.45) is 32.3 Å². The fourth-order valence-electron chi connectivity index (χ4n) is 2.45. The molecule has 0 saturated carbocycles. The first-order valence-electron chi connectivity index (χ1n) is 9.05. The minimum absolute atomic E-state index is 0.0288. The van der Waals surface area contributed by atoms with Crippen molar-refractivity contribution < 1.29 is 9.59 Å². The summed E-state index contributed by atoms with van der Waals surface area (Å²) in [5, 5.41) is 0. The molecule has 0 bridgehead atoms. The van der Waals surface area contributed by atoms with Gasteiger partial charge < -0.3 is 11.5 Å². The van der Waals surface area contributed by atoms with E-state index in [2.05, 4.69) is 37.7 Å². The number of ketones is 2. The van der Waals surface area contributed by atoms with Crippen LogP contribution in [0.15, 0.2) is 9.98 Å². The Morgan fingerprint density at radius 1 is 0.760 bits per heavy atom. The number of nitrogens with zero attached hydrogens (tertiary/aromatic N) is 2. The summed E-state index contributed by atoms with van der Waals surface area (Å²) < 4.78 is 0. The van der Waals surface area contributed by atoms with Gasteiger partial charge >= 0.3 is 0 Å². The molecule has 0 aromatic rings. The Kier molecular flexibility index (Phi) is 11.0. The van der Waals surface area contributed by atoms with E-state index in [1.165, 1.54) is 12.7 Å². The van der Waals surface area contributed by atoms with Gasteiger partial charge in [0.2, 0.25) is 0 Å². The number of Topliss-reactive ketones (excluding diaryl/α,β-unsaturated/α-hetero) is 2. The second kappa shape index (κ2) is 11.8. The fourth-order valence-corrected chi connectivity index (χ4v) is 2.45. The molecule has 0 aliphatic rings. The van der Waals surface area contributed by atoms with E-state index in [0.29, 0.717) is 45.2 Å². The number of carbonyl (C=O) groups excluding carboxylic acids is 2. The Morgan fingerprint density at radius 2 is 1.12 bits per heavy atom. The predicted molar refractivity (Wildman–Crippen MR) is 105 cm³/mol. The van der Waals surface area contributed by atoms with E-state index in [1.54, 1.807) is 0 Å². The predicted octanol–water partition coefficient (Wildman–Crippen LogP) is 2.88. The lowest BCUT2D eigenvalue weighted by atomic mass is 9.86. The van der Waals surface area contributed by atoms with Gasteiger partial charge in [-0.15, -0.1) is 0 Å². The van der Waals surface area contributed by atoms with Gasteiger partial charge in [-0.25, -0.2) is 0 Å². The summed E-state index contributed by atoms with van der Waals surface area (Å²) >= 11 is 0. The molecular weight excluding hydrogens is 316 g/mol. The lowest BCUT2D eigenvalue weighted by Crippen LogP contribution is -2.18. The number of aliphatic imine (C=N–C) groups is 2. The molecule has 0 amide bonds. The second-order valence-corrected chi connectivity index (χ2v) is 8.24. The van der Waals surface area contributed by atoms with Crippen LogP contribution in [-0.4, -0.2) is 37.3 Å². The Labute approximate surface area is 152 Å². The topological polar surface area (TPSA) is 111 Å². The van der Waals surface area contributed by atoms with Crippen LogP contribution in [-0.2, 0) is 9.59 Å². The highest BCUT2D eigenvalue weighted by atomic mass is 16.1. The molecule has 0 rings (SSSR count). The average molecular weight is 353 g/mol. The lowest BCUT2D eigenvalue weighted by molar-refractivity contribution is -0.120. The van der Waals surface area contributed by atoms with Crippen molar-refractivity contribution in [1.82, 2.24) is 0 Å². The summed E-state index contributed by atoms with van der Waals surface area (Å²) in [7, 11) is 0. The van der Waals surface area contributed by atoms with Crippen LogP contribution < -0.4 is 11.5 Å². The first-order chi connectivity index (χ1) is 11.6. The smallest absolute Gasteiger partial charge is 0.132 e. The molecule has 0 aromatic carbocycles. The first kappa shape index (κ1) is 23.3. The molecule has 0 atom stereocenters. The van der Waals surface area contributed by atoms with Crippen LogP contribution in [0.25, 0.3) is 0 Å². The summed E-state index contributed by atoms with van der Waals surface area (Å²) in [5.74, 6) is 0.436. The lowest BCUT2D eigenvalue weighted by Gasteiger charge is -2.21. The van der Waals surface area contributed by atoms with E-state index in [-0.39, 0.29) is 22.4 Å². The van der Waals surface area contributed by atoms with E-state index in [9.17, 15) is 9.59 Å². The number of hydrogen-bond acceptors (Lipinski definition) is 4. The van der Waals surface area contributed by atoms with Gasteiger partial charge in [0.15, 0.2) is 0 Å². The van der Waals surface area contributed by atoms with Crippen molar-refractivity contribution in [2.45, 2.75) is 72.6 Å². The van der Waals surface area contributed by atoms with Crippen molar-refractivity contribution in [1.29, 1.82) is 0 Å². The third kappa shape index (κ3) is 13.3. The van der Waals surface area contributed by atoms with E-state index in [1.807, 2.05) is 0 Å². The summed E-state index contributed by atoms with van der Waals surface area (Å²) in [6.07, 6.45) is 6.83. The number of carbonyl (C=O) groups is 2. The highest BCUT2D eigenvalue weighted by Crippen LogP contribution is 2.24. The minimum Gasteiger partial charge on any atom is -0.390 e. The van der Waals surface area contributed by atoms with Crippen LogP contribution in [0.1, 0.15) is 72.6 Å². The molecule has 25 heavy (non-hydrogen) atoms. The zero-order valence-electron chi connectivity index (χ0n) is 16.4. The maximum absolute atomic E-state index is 12.0. The van der Waals surface area contributed by atoms with Gasteiger partial charge in [0.05, 0.1) is 12.7 Å². The summed E-state index contributed by atoms with van der Waals surface area (Å²) in [6, 6.07) is 0. The van der Waals surface area contributed by atoms with Gasteiger partial charge in [-0.1, -0.05) is 27.7 Å². The number of rotatable bonds is 14.